The fourth-order valence-electron chi connectivity index (χ4n) is 4.16. The minimum atomic E-state index is -2.23. The number of aromatic hydroxyl groups is 1. The Bertz CT molecular complexity index is 871. The summed E-state index contributed by atoms with van der Waals surface area (Å²) in [6.07, 6.45) is 1.54. The molecule has 2 aliphatic heterocycles. The van der Waals surface area contributed by atoms with E-state index in [4.69, 9.17) is 31.2 Å². The molecule has 0 unspecified atom stereocenters. The van der Waals surface area contributed by atoms with Crippen molar-refractivity contribution >= 4 is 30.9 Å². The van der Waals surface area contributed by atoms with Crippen LogP contribution in [-0.4, -0.2) is 90.1 Å². The molecule has 0 aliphatic carbocycles. The van der Waals surface area contributed by atoms with Gasteiger partial charge in [0.25, 0.3) is 0 Å². The molecule has 3 rings (SSSR count). The van der Waals surface area contributed by atoms with Crippen molar-refractivity contribution in [3.05, 3.63) is 23.8 Å². The smallest absolute Gasteiger partial charge is 0.214 e. The molecule has 0 radical (unpaired) electrons. The van der Waals surface area contributed by atoms with Crippen molar-refractivity contribution in [3.8, 4) is 11.5 Å². The van der Waals surface area contributed by atoms with Crippen molar-refractivity contribution in [2.75, 3.05) is 59.2 Å². The first-order valence-electron chi connectivity index (χ1n) is 11.4. The quantitative estimate of drug-likeness (QED) is 0.267. The summed E-state index contributed by atoms with van der Waals surface area (Å²) in [4.78, 5) is 0. The number of nitrogens with one attached hydrogen (secondary N) is 1. The minimum absolute atomic E-state index is 0.0903. The molecule has 2 aliphatic rings. The van der Waals surface area contributed by atoms with Gasteiger partial charge in [0.1, 0.15) is 18.9 Å². The van der Waals surface area contributed by atoms with Crippen molar-refractivity contribution in [2.45, 2.75) is 32.9 Å². The highest BCUT2D eigenvalue weighted by molar-refractivity contribution is 7.81. The second kappa shape index (κ2) is 11.7. The van der Waals surface area contributed by atoms with Crippen LogP contribution >= 0.6 is 19.6 Å². The normalized spacial score (nSPS) is 18.9. The van der Waals surface area contributed by atoms with Gasteiger partial charge in [-0.15, -0.1) is 0 Å². The number of hydrogen-bond donors (Lipinski definition) is 2. The lowest BCUT2D eigenvalue weighted by molar-refractivity contribution is 0.0551. The number of phenolic OH excluding ortho intramolecular Hbond substituents is 1. The molecule has 0 spiro atoms. The van der Waals surface area contributed by atoms with Crippen LogP contribution in [-0.2, 0) is 9.47 Å². The number of rotatable bonds is 6. The van der Waals surface area contributed by atoms with Crippen LogP contribution in [0.1, 0.15) is 33.3 Å². The van der Waals surface area contributed by atoms with Gasteiger partial charge in [-0.1, -0.05) is 20.8 Å². The highest BCUT2D eigenvalue weighted by Crippen LogP contribution is 2.66. The SMILES string of the molecule is CCOc1ccc(/C=N/NC(=S)N=P(N2CCOCC2)(N2CCOCC2)C(C)(C)C)c(O)c1. The summed E-state index contributed by atoms with van der Waals surface area (Å²) in [7, 11) is -2.23. The predicted molar refractivity (Wildman–Crippen MR) is 136 cm³/mol. The van der Waals surface area contributed by atoms with E-state index in [0.717, 1.165) is 26.2 Å². The molecular weight excluding hydrogens is 461 g/mol. The zero-order chi connectivity index (χ0) is 23.9. The summed E-state index contributed by atoms with van der Waals surface area (Å²) in [5.41, 5.74) is 3.47. The Morgan fingerprint density at radius 3 is 2.21 bits per heavy atom. The van der Waals surface area contributed by atoms with E-state index >= 15 is 0 Å². The maximum Gasteiger partial charge on any atom is 0.214 e. The van der Waals surface area contributed by atoms with Gasteiger partial charge in [0, 0.05) is 43.0 Å². The molecule has 2 heterocycles. The summed E-state index contributed by atoms with van der Waals surface area (Å²) in [6.45, 7) is 15.2. The van der Waals surface area contributed by atoms with Gasteiger partial charge in [-0.05, 0) is 31.3 Å². The summed E-state index contributed by atoms with van der Waals surface area (Å²) in [5.74, 6) is 0.703. The van der Waals surface area contributed by atoms with Gasteiger partial charge in [-0.25, -0.2) is 4.74 Å². The first-order chi connectivity index (χ1) is 15.8. The molecule has 1 aromatic rings. The first kappa shape index (κ1) is 26.1. The number of morpholine rings is 2. The van der Waals surface area contributed by atoms with Gasteiger partial charge in [0.2, 0.25) is 5.11 Å². The third kappa shape index (κ3) is 6.32. The molecule has 0 aromatic heterocycles. The van der Waals surface area contributed by atoms with Gasteiger partial charge in [0.15, 0.2) is 0 Å². The summed E-state index contributed by atoms with van der Waals surface area (Å²) < 4.78 is 26.8. The second-order valence-corrected chi connectivity index (χ2v) is 13.0. The van der Waals surface area contributed by atoms with Gasteiger partial charge >= 0.3 is 0 Å². The highest BCUT2D eigenvalue weighted by Gasteiger charge is 2.45. The van der Waals surface area contributed by atoms with E-state index in [1.807, 2.05) is 6.92 Å². The van der Waals surface area contributed by atoms with E-state index in [9.17, 15) is 5.11 Å². The molecule has 2 saturated heterocycles. The zero-order valence-electron chi connectivity index (χ0n) is 20.0. The van der Waals surface area contributed by atoms with Crippen molar-refractivity contribution in [2.24, 2.45) is 9.85 Å². The van der Waals surface area contributed by atoms with Crippen molar-refractivity contribution in [1.82, 2.24) is 14.8 Å². The van der Waals surface area contributed by atoms with Crippen LogP contribution in [0.4, 0.5) is 0 Å². The maximum atomic E-state index is 10.2. The summed E-state index contributed by atoms with van der Waals surface area (Å²) in [5, 5.41) is 14.7. The van der Waals surface area contributed by atoms with E-state index < -0.39 is 7.36 Å². The molecule has 2 fully saturated rings. The average Bonchev–Trinajstić information content (AvgIpc) is 2.79. The van der Waals surface area contributed by atoms with Crippen LogP contribution in [0.3, 0.4) is 0 Å². The minimum Gasteiger partial charge on any atom is -0.507 e. The number of benzene rings is 1. The Kier molecular flexibility index (Phi) is 9.26. The highest BCUT2D eigenvalue weighted by atomic mass is 32.1. The van der Waals surface area contributed by atoms with E-state index in [-0.39, 0.29) is 10.9 Å². The van der Waals surface area contributed by atoms with Gasteiger partial charge in [-0.2, -0.15) is 5.10 Å². The third-order valence-electron chi connectivity index (χ3n) is 5.57. The van der Waals surface area contributed by atoms with Gasteiger partial charge in [-0.3, -0.25) is 14.8 Å². The lowest BCUT2D eigenvalue weighted by Crippen LogP contribution is -2.48. The van der Waals surface area contributed by atoms with Crippen LogP contribution in [0.5, 0.6) is 11.5 Å². The zero-order valence-corrected chi connectivity index (χ0v) is 21.7. The Balaban J connectivity index is 1.86. The number of thiocarbonyl (C=S) groups is 1. The first-order valence-corrected chi connectivity index (χ1v) is 13.4. The van der Waals surface area contributed by atoms with E-state index in [1.54, 1.807) is 18.2 Å². The van der Waals surface area contributed by atoms with Gasteiger partial charge in [0.05, 0.1) is 39.2 Å². The van der Waals surface area contributed by atoms with Crippen LogP contribution in [0, 0.1) is 0 Å². The monoisotopic (exact) mass is 497 g/mol. The van der Waals surface area contributed by atoms with Crippen molar-refractivity contribution in [1.29, 1.82) is 0 Å². The van der Waals surface area contributed by atoms with Crippen LogP contribution in [0.2, 0.25) is 0 Å². The van der Waals surface area contributed by atoms with E-state index in [1.165, 1.54) is 6.21 Å². The molecule has 9 nitrogen and oxygen atoms in total. The van der Waals surface area contributed by atoms with Crippen LogP contribution < -0.4 is 10.2 Å². The molecule has 0 bridgehead atoms. The predicted octanol–water partition coefficient (Wildman–Crippen LogP) is 3.49. The molecule has 0 amide bonds. The lowest BCUT2D eigenvalue weighted by Gasteiger charge is -2.52. The lowest BCUT2D eigenvalue weighted by atomic mass is 10.2. The Morgan fingerprint density at radius 2 is 1.73 bits per heavy atom. The maximum absolute atomic E-state index is 10.2. The molecule has 0 saturated carbocycles. The fourth-order valence-corrected chi connectivity index (χ4v) is 8.91. The standard InChI is InChI=1S/C22H36N5O4PS/c1-5-31-19-7-6-18(20(28)16-19)17-23-24-21(33)25-32(22(2,3)4,26-8-12-29-13-9-26)27-10-14-30-15-11-27/h6-7,16-17,28H,5,8-15H2,1-4H3,(H,24,33)/b23-17+. The number of hydrazone groups is 1. The summed E-state index contributed by atoms with van der Waals surface area (Å²) in [6, 6.07) is 5.11. The average molecular weight is 498 g/mol. The van der Waals surface area contributed by atoms with E-state index in [2.05, 4.69) is 40.6 Å². The topological polar surface area (TPSA) is 91.2 Å². The molecule has 184 valence electrons. The number of hydrogen-bond acceptors (Lipinski definition) is 6. The van der Waals surface area contributed by atoms with Crippen molar-refractivity contribution in [3.63, 3.8) is 0 Å². The van der Waals surface area contributed by atoms with Crippen LogP contribution in [0.25, 0.3) is 0 Å². The molecule has 33 heavy (non-hydrogen) atoms. The molecular formula is C22H36N5O4PS. The second-order valence-electron chi connectivity index (χ2n) is 8.80. The fraction of sp³-hybridized carbons (Fsp3) is 0.636. The largest absolute Gasteiger partial charge is 0.507 e. The third-order valence-corrected chi connectivity index (χ3v) is 10.5. The molecule has 0 atom stereocenters. The van der Waals surface area contributed by atoms with Crippen molar-refractivity contribution < 1.29 is 19.3 Å². The van der Waals surface area contributed by atoms with E-state index in [0.29, 0.717) is 49.5 Å². The molecule has 11 heteroatoms. The Morgan fingerprint density at radius 1 is 1.15 bits per heavy atom. The van der Waals surface area contributed by atoms with Crippen LogP contribution in [0.15, 0.2) is 28.0 Å². The number of phenols is 1. The molecule has 1 aromatic carbocycles. The molecule has 2 N–H and O–H groups in total. The Labute approximate surface area is 202 Å². The summed E-state index contributed by atoms with van der Waals surface area (Å²) >= 11 is 5.65. The Hall–Kier alpha value is -1.55. The number of ether oxygens (including phenoxy) is 3. The number of nitrogens with zero attached hydrogens (tertiary/aromatic N) is 4. The van der Waals surface area contributed by atoms with Gasteiger partial charge < -0.3 is 19.3 Å².